The van der Waals surface area contributed by atoms with Gasteiger partial charge in [-0.05, 0) is 61.4 Å². The molecule has 5 heteroatoms. The van der Waals surface area contributed by atoms with E-state index in [4.69, 9.17) is 0 Å². The molecule has 24 heavy (non-hydrogen) atoms. The van der Waals surface area contributed by atoms with Gasteiger partial charge in [0.15, 0.2) is 5.65 Å². The van der Waals surface area contributed by atoms with E-state index in [-0.39, 0.29) is 0 Å². The smallest absolute Gasteiger partial charge is 0.247 e. The predicted octanol–water partition coefficient (Wildman–Crippen LogP) is 4.15. The molecule has 0 amide bonds. The Morgan fingerprint density at radius 2 is 1.58 bits per heavy atom. The zero-order chi connectivity index (χ0) is 16.5. The highest BCUT2D eigenvalue weighted by atomic mass is 15.3. The number of hydrogen-bond donors (Lipinski definition) is 1. The first-order chi connectivity index (χ1) is 11.7. The number of pyridine rings is 2. The molecule has 0 bridgehead atoms. The monoisotopic (exact) mass is 315 g/mol. The van der Waals surface area contributed by atoms with Crippen molar-refractivity contribution in [1.29, 1.82) is 0 Å². The number of nitrogens with zero attached hydrogens (tertiary/aromatic N) is 4. The molecule has 3 aromatic heterocycles. The van der Waals surface area contributed by atoms with E-state index in [1.54, 1.807) is 4.52 Å². The highest BCUT2D eigenvalue weighted by Crippen LogP contribution is 2.23. The maximum atomic E-state index is 4.44. The number of nitrogens with one attached hydrogen (secondary N) is 1. The van der Waals surface area contributed by atoms with Gasteiger partial charge in [-0.1, -0.05) is 18.2 Å². The van der Waals surface area contributed by atoms with Crippen LogP contribution in [0.3, 0.4) is 0 Å². The van der Waals surface area contributed by atoms with Crippen molar-refractivity contribution in [3.63, 3.8) is 0 Å². The van der Waals surface area contributed by atoms with Crippen LogP contribution in [0.25, 0.3) is 16.8 Å². The first-order valence-electron chi connectivity index (χ1n) is 7.81. The van der Waals surface area contributed by atoms with Crippen molar-refractivity contribution in [3.05, 3.63) is 72.2 Å². The molecule has 0 saturated heterocycles. The molecule has 4 aromatic rings. The summed E-state index contributed by atoms with van der Waals surface area (Å²) in [6.45, 7) is 4.03. The number of fused-ring (bicyclic) bond motifs is 1. The van der Waals surface area contributed by atoms with Crippen LogP contribution in [0.4, 0.5) is 11.6 Å². The Kier molecular flexibility index (Phi) is 3.46. The molecule has 0 atom stereocenters. The normalized spacial score (nSPS) is 10.9. The summed E-state index contributed by atoms with van der Waals surface area (Å²) >= 11 is 0. The van der Waals surface area contributed by atoms with Gasteiger partial charge < -0.3 is 5.32 Å². The van der Waals surface area contributed by atoms with E-state index < -0.39 is 0 Å². The molecule has 1 aromatic carbocycles. The van der Waals surface area contributed by atoms with Crippen molar-refractivity contribution in [2.24, 2.45) is 0 Å². The maximum Gasteiger partial charge on any atom is 0.247 e. The zero-order valence-corrected chi connectivity index (χ0v) is 13.6. The molecule has 0 aliphatic rings. The predicted molar refractivity (Wildman–Crippen MR) is 95.4 cm³/mol. The van der Waals surface area contributed by atoms with E-state index in [1.807, 2.05) is 50.4 Å². The van der Waals surface area contributed by atoms with Crippen molar-refractivity contribution in [1.82, 2.24) is 19.6 Å². The lowest BCUT2D eigenvalue weighted by molar-refractivity contribution is 0.965. The van der Waals surface area contributed by atoms with Crippen LogP contribution in [0, 0.1) is 13.8 Å². The third-order valence-corrected chi connectivity index (χ3v) is 3.80. The van der Waals surface area contributed by atoms with Crippen LogP contribution in [0.1, 0.15) is 11.4 Å². The lowest BCUT2D eigenvalue weighted by Crippen LogP contribution is -1.93. The molecule has 0 radical (unpaired) electrons. The highest BCUT2D eigenvalue weighted by Gasteiger charge is 2.04. The largest absolute Gasteiger partial charge is 0.323 e. The lowest BCUT2D eigenvalue weighted by Gasteiger charge is -2.06. The van der Waals surface area contributed by atoms with Crippen LogP contribution in [0.5, 0.6) is 0 Å². The van der Waals surface area contributed by atoms with Gasteiger partial charge in [-0.2, -0.15) is 4.98 Å². The van der Waals surface area contributed by atoms with E-state index in [1.165, 1.54) is 5.56 Å². The van der Waals surface area contributed by atoms with E-state index in [2.05, 4.69) is 44.6 Å². The molecule has 0 saturated carbocycles. The fourth-order valence-corrected chi connectivity index (χ4v) is 2.76. The van der Waals surface area contributed by atoms with E-state index in [9.17, 15) is 0 Å². The number of aromatic nitrogens is 4. The second-order valence-corrected chi connectivity index (χ2v) is 5.78. The van der Waals surface area contributed by atoms with Gasteiger partial charge in [0.25, 0.3) is 0 Å². The lowest BCUT2D eigenvalue weighted by atomic mass is 10.0. The Morgan fingerprint density at radius 3 is 2.29 bits per heavy atom. The minimum Gasteiger partial charge on any atom is -0.323 e. The summed E-state index contributed by atoms with van der Waals surface area (Å²) in [7, 11) is 0. The van der Waals surface area contributed by atoms with Crippen molar-refractivity contribution in [2.75, 3.05) is 5.32 Å². The summed E-state index contributed by atoms with van der Waals surface area (Å²) in [5.74, 6) is 0.588. The van der Waals surface area contributed by atoms with E-state index in [0.29, 0.717) is 5.95 Å². The molecular weight excluding hydrogens is 298 g/mol. The van der Waals surface area contributed by atoms with Gasteiger partial charge in [-0.15, -0.1) is 5.10 Å². The van der Waals surface area contributed by atoms with E-state index in [0.717, 1.165) is 28.3 Å². The first kappa shape index (κ1) is 14.4. The van der Waals surface area contributed by atoms with Gasteiger partial charge in [-0.3, -0.25) is 4.98 Å². The van der Waals surface area contributed by atoms with Crippen LogP contribution < -0.4 is 5.32 Å². The maximum absolute atomic E-state index is 4.44. The minimum atomic E-state index is 0.588. The Hall–Kier alpha value is -3.21. The average molecular weight is 315 g/mol. The van der Waals surface area contributed by atoms with Gasteiger partial charge in [0.2, 0.25) is 5.95 Å². The number of anilines is 2. The number of hydrogen-bond acceptors (Lipinski definition) is 4. The summed E-state index contributed by atoms with van der Waals surface area (Å²) < 4.78 is 1.75. The fraction of sp³-hybridized carbons (Fsp3) is 0.105. The minimum absolute atomic E-state index is 0.588. The second-order valence-electron chi connectivity index (χ2n) is 5.78. The SMILES string of the molecule is Cc1cc(-c2ccc(Nc3nc4ccccn4n3)cc2)cc(C)n1. The molecule has 0 spiro atoms. The van der Waals surface area contributed by atoms with Gasteiger partial charge in [0.05, 0.1) is 0 Å². The molecule has 4 rings (SSSR count). The van der Waals surface area contributed by atoms with Gasteiger partial charge in [0.1, 0.15) is 0 Å². The molecule has 1 N–H and O–H groups in total. The Morgan fingerprint density at radius 1 is 0.833 bits per heavy atom. The van der Waals surface area contributed by atoms with E-state index >= 15 is 0 Å². The van der Waals surface area contributed by atoms with Crippen LogP contribution in [-0.2, 0) is 0 Å². The Balaban J connectivity index is 1.59. The summed E-state index contributed by atoms with van der Waals surface area (Å²) in [6, 6.07) is 18.2. The third kappa shape index (κ3) is 2.84. The fourth-order valence-electron chi connectivity index (χ4n) is 2.76. The van der Waals surface area contributed by atoms with Gasteiger partial charge >= 0.3 is 0 Å². The zero-order valence-electron chi connectivity index (χ0n) is 13.6. The average Bonchev–Trinajstić information content (AvgIpc) is 2.97. The van der Waals surface area contributed by atoms with Crippen LogP contribution in [0.15, 0.2) is 60.8 Å². The second kappa shape index (κ2) is 5.77. The quantitative estimate of drug-likeness (QED) is 0.617. The molecule has 0 aliphatic carbocycles. The third-order valence-electron chi connectivity index (χ3n) is 3.80. The topological polar surface area (TPSA) is 55.1 Å². The van der Waals surface area contributed by atoms with Gasteiger partial charge in [0, 0.05) is 23.3 Å². The van der Waals surface area contributed by atoms with Crippen molar-refractivity contribution in [2.45, 2.75) is 13.8 Å². The first-order valence-corrected chi connectivity index (χ1v) is 7.81. The number of aryl methyl sites for hydroxylation is 2. The molecule has 0 unspecified atom stereocenters. The summed E-state index contributed by atoms with van der Waals surface area (Å²) in [5.41, 5.74) is 6.17. The summed E-state index contributed by atoms with van der Waals surface area (Å²) in [6.07, 6.45) is 1.88. The van der Waals surface area contributed by atoms with Crippen molar-refractivity contribution < 1.29 is 0 Å². The highest BCUT2D eigenvalue weighted by molar-refractivity contribution is 5.68. The molecule has 0 fully saturated rings. The van der Waals surface area contributed by atoms with Crippen LogP contribution in [-0.4, -0.2) is 19.6 Å². The van der Waals surface area contributed by atoms with Crippen molar-refractivity contribution in [3.8, 4) is 11.1 Å². The molecule has 3 heterocycles. The Labute approximate surface area is 140 Å². The van der Waals surface area contributed by atoms with Crippen LogP contribution >= 0.6 is 0 Å². The molecular formula is C19H17N5. The Bertz CT molecular complexity index is 949. The van der Waals surface area contributed by atoms with Gasteiger partial charge in [-0.25, -0.2) is 4.52 Å². The standard InChI is InChI=1S/C19H17N5/c1-13-11-16(12-14(2)20-13)15-6-8-17(9-7-15)21-19-22-18-5-3-4-10-24(18)23-19/h3-12H,1-2H3,(H,21,23). The number of rotatable bonds is 3. The molecule has 0 aliphatic heterocycles. The van der Waals surface area contributed by atoms with Crippen molar-refractivity contribution >= 4 is 17.3 Å². The number of benzene rings is 1. The summed E-state index contributed by atoms with van der Waals surface area (Å²) in [4.78, 5) is 8.87. The van der Waals surface area contributed by atoms with Crippen LogP contribution in [0.2, 0.25) is 0 Å². The molecule has 118 valence electrons. The summed E-state index contributed by atoms with van der Waals surface area (Å²) in [5, 5.41) is 7.64. The molecule has 5 nitrogen and oxygen atoms in total.